The molecule has 1 atom stereocenters. The van der Waals surface area contributed by atoms with E-state index < -0.39 is 0 Å². The number of nitrogens with one attached hydrogen (secondary N) is 2. The van der Waals surface area contributed by atoms with Crippen molar-refractivity contribution in [3.05, 3.63) is 53.6 Å². The monoisotopic (exact) mass is 357 g/mol. The average Bonchev–Trinajstić information content (AvgIpc) is 2.63. The van der Waals surface area contributed by atoms with Crippen molar-refractivity contribution in [2.75, 3.05) is 40.2 Å². The van der Waals surface area contributed by atoms with Gasteiger partial charge in [0.1, 0.15) is 11.5 Å². The number of carbonyl (C=O) groups is 1. The largest absolute Gasteiger partial charge is 0.497 e. The normalized spacial score (nSPS) is 11.8. The molecule has 0 aliphatic carbocycles. The maximum atomic E-state index is 12.3. The predicted octanol–water partition coefficient (Wildman–Crippen LogP) is 3.44. The van der Waals surface area contributed by atoms with Crippen molar-refractivity contribution in [3.8, 4) is 11.5 Å². The molecule has 0 aliphatic rings. The van der Waals surface area contributed by atoms with Gasteiger partial charge in [-0.3, -0.25) is 0 Å². The highest BCUT2D eigenvalue weighted by Gasteiger charge is 2.16. The fraction of sp³-hybridized carbons (Fsp3) is 0.350. The number of urea groups is 1. The van der Waals surface area contributed by atoms with Crippen LogP contribution in [0.15, 0.2) is 42.5 Å². The number of anilines is 1. The van der Waals surface area contributed by atoms with Crippen molar-refractivity contribution in [1.29, 1.82) is 0 Å². The maximum Gasteiger partial charge on any atom is 0.319 e. The van der Waals surface area contributed by atoms with Crippen LogP contribution in [-0.4, -0.2) is 45.8 Å². The molecule has 0 aromatic heterocycles. The molecule has 2 aromatic carbocycles. The number of benzene rings is 2. The molecule has 6 heteroatoms. The first-order chi connectivity index (χ1) is 12.4. The minimum absolute atomic E-state index is 0.0239. The fourth-order valence-corrected chi connectivity index (χ4v) is 2.70. The van der Waals surface area contributed by atoms with Gasteiger partial charge in [-0.05, 0) is 56.4 Å². The minimum atomic E-state index is -0.276. The SMILES string of the molecule is COc1cccc(C(CNC(=O)Nc2ccc(C)cc2OC)N(C)C)c1. The Balaban J connectivity index is 2.03. The Morgan fingerprint density at radius 3 is 2.54 bits per heavy atom. The van der Waals surface area contributed by atoms with Gasteiger partial charge >= 0.3 is 6.03 Å². The van der Waals surface area contributed by atoms with Crippen LogP contribution in [0.3, 0.4) is 0 Å². The first-order valence-electron chi connectivity index (χ1n) is 8.44. The van der Waals surface area contributed by atoms with E-state index in [0.29, 0.717) is 18.0 Å². The summed E-state index contributed by atoms with van der Waals surface area (Å²) in [5.41, 5.74) is 2.78. The zero-order valence-electron chi connectivity index (χ0n) is 16.0. The number of carbonyl (C=O) groups excluding carboxylic acids is 1. The number of hydrogen-bond acceptors (Lipinski definition) is 4. The third-order valence-corrected chi connectivity index (χ3v) is 4.16. The number of methoxy groups -OCH3 is 2. The molecule has 0 heterocycles. The quantitative estimate of drug-likeness (QED) is 0.797. The zero-order valence-corrected chi connectivity index (χ0v) is 16.0. The van der Waals surface area contributed by atoms with Crippen molar-refractivity contribution in [1.82, 2.24) is 10.2 Å². The third kappa shape index (κ3) is 5.13. The number of rotatable bonds is 7. The van der Waals surface area contributed by atoms with Crippen molar-refractivity contribution in [3.63, 3.8) is 0 Å². The smallest absolute Gasteiger partial charge is 0.319 e. The van der Waals surface area contributed by atoms with E-state index in [1.807, 2.05) is 63.5 Å². The lowest BCUT2D eigenvalue weighted by Crippen LogP contribution is -2.37. The average molecular weight is 357 g/mol. The first-order valence-corrected chi connectivity index (χ1v) is 8.44. The summed E-state index contributed by atoms with van der Waals surface area (Å²) in [4.78, 5) is 14.4. The van der Waals surface area contributed by atoms with E-state index in [9.17, 15) is 4.79 Å². The van der Waals surface area contributed by atoms with E-state index in [0.717, 1.165) is 16.9 Å². The molecule has 0 radical (unpaired) electrons. The van der Waals surface area contributed by atoms with Crippen LogP contribution in [0.4, 0.5) is 10.5 Å². The third-order valence-electron chi connectivity index (χ3n) is 4.16. The van der Waals surface area contributed by atoms with Crippen LogP contribution in [0.25, 0.3) is 0 Å². The van der Waals surface area contributed by atoms with E-state index in [1.54, 1.807) is 14.2 Å². The number of amides is 2. The highest BCUT2D eigenvalue weighted by Crippen LogP contribution is 2.25. The first kappa shape index (κ1) is 19.6. The van der Waals surface area contributed by atoms with Crippen LogP contribution >= 0.6 is 0 Å². The van der Waals surface area contributed by atoms with Gasteiger partial charge in [-0.15, -0.1) is 0 Å². The van der Waals surface area contributed by atoms with Gasteiger partial charge in [0.25, 0.3) is 0 Å². The molecule has 0 fully saturated rings. The highest BCUT2D eigenvalue weighted by molar-refractivity contribution is 5.91. The Morgan fingerprint density at radius 1 is 1.12 bits per heavy atom. The van der Waals surface area contributed by atoms with Gasteiger partial charge in [-0.1, -0.05) is 18.2 Å². The van der Waals surface area contributed by atoms with E-state index in [1.165, 1.54) is 0 Å². The van der Waals surface area contributed by atoms with E-state index >= 15 is 0 Å². The van der Waals surface area contributed by atoms with Crippen LogP contribution in [0.5, 0.6) is 11.5 Å². The molecule has 2 rings (SSSR count). The van der Waals surface area contributed by atoms with Crippen LogP contribution < -0.4 is 20.1 Å². The summed E-state index contributed by atoms with van der Waals surface area (Å²) in [6, 6.07) is 13.2. The van der Waals surface area contributed by atoms with E-state index in [2.05, 4.69) is 15.5 Å². The Kier molecular flexibility index (Phi) is 6.86. The topological polar surface area (TPSA) is 62.8 Å². The number of hydrogen-bond donors (Lipinski definition) is 2. The molecule has 0 spiro atoms. The molecule has 0 aliphatic heterocycles. The van der Waals surface area contributed by atoms with Crippen LogP contribution in [0, 0.1) is 6.92 Å². The summed E-state index contributed by atoms with van der Waals surface area (Å²) < 4.78 is 10.6. The lowest BCUT2D eigenvalue weighted by Gasteiger charge is -2.25. The predicted molar refractivity (Wildman–Crippen MR) is 104 cm³/mol. The summed E-state index contributed by atoms with van der Waals surface area (Å²) in [7, 11) is 7.19. The standard InChI is InChI=1S/C20H27N3O3/c1-14-9-10-17(19(11-14)26-5)22-20(24)21-13-18(23(2)3)15-7-6-8-16(12-15)25-4/h6-12,18H,13H2,1-5H3,(H2,21,22,24). The summed E-state index contributed by atoms with van der Waals surface area (Å²) in [5.74, 6) is 1.43. The number of aryl methyl sites for hydroxylation is 1. The summed E-state index contributed by atoms with van der Waals surface area (Å²) >= 11 is 0. The second kappa shape index (κ2) is 9.10. The van der Waals surface area contributed by atoms with Gasteiger partial charge in [0.15, 0.2) is 0 Å². The highest BCUT2D eigenvalue weighted by atomic mass is 16.5. The number of nitrogens with zero attached hydrogens (tertiary/aromatic N) is 1. The summed E-state index contributed by atoms with van der Waals surface area (Å²) in [6.07, 6.45) is 0. The Hall–Kier alpha value is -2.73. The Labute approximate surface area is 155 Å². The summed E-state index contributed by atoms with van der Waals surface area (Å²) in [6.45, 7) is 2.43. The van der Waals surface area contributed by atoms with Gasteiger partial charge in [0, 0.05) is 6.54 Å². The van der Waals surface area contributed by atoms with Crippen molar-refractivity contribution < 1.29 is 14.3 Å². The molecule has 6 nitrogen and oxygen atoms in total. The van der Waals surface area contributed by atoms with Crippen LogP contribution in [0.1, 0.15) is 17.2 Å². The van der Waals surface area contributed by atoms with Gasteiger partial charge in [-0.25, -0.2) is 4.79 Å². The Morgan fingerprint density at radius 2 is 1.88 bits per heavy atom. The molecule has 2 amide bonds. The molecule has 26 heavy (non-hydrogen) atoms. The van der Waals surface area contributed by atoms with E-state index in [4.69, 9.17) is 9.47 Å². The molecule has 140 valence electrons. The van der Waals surface area contributed by atoms with Gasteiger partial charge in [0.2, 0.25) is 0 Å². The minimum Gasteiger partial charge on any atom is -0.497 e. The second-order valence-corrected chi connectivity index (χ2v) is 6.29. The molecular weight excluding hydrogens is 330 g/mol. The molecule has 2 aromatic rings. The van der Waals surface area contributed by atoms with Crippen molar-refractivity contribution in [2.24, 2.45) is 0 Å². The number of ether oxygens (including phenoxy) is 2. The maximum absolute atomic E-state index is 12.3. The Bertz CT molecular complexity index is 747. The lowest BCUT2D eigenvalue weighted by atomic mass is 10.1. The molecule has 2 N–H and O–H groups in total. The zero-order chi connectivity index (χ0) is 19.1. The van der Waals surface area contributed by atoms with Crippen LogP contribution in [0.2, 0.25) is 0 Å². The van der Waals surface area contributed by atoms with Crippen molar-refractivity contribution in [2.45, 2.75) is 13.0 Å². The van der Waals surface area contributed by atoms with Gasteiger partial charge < -0.3 is 25.0 Å². The summed E-state index contributed by atoms with van der Waals surface area (Å²) in [5, 5.41) is 5.77. The number of likely N-dealkylation sites (N-methyl/N-ethyl adjacent to an activating group) is 1. The molecule has 0 saturated carbocycles. The molecular formula is C20H27N3O3. The second-order valence-electron chi connectivity index (χ2n) is 6.29. The fourth-order valence-electron chi connectivity index (χ4n) is 2.70. The molecule has 1 unspecified atom stereocenters. The van der Waals surface area contributed by atoms with E-state index in [-0.39, 0.29) is 12.1 Å². The molecule has 0 saturated heterocycles. The van der Waals surface area contributed by atoms with Gasteiger partial charge in [-0.2, -0.15) is 0 Å². The van der Waals surface area contributed by atoms with Gasteiger partial charge in [0.05, 0.1) is 25.9 Å². The van der Waals surface area contributed by atoms with Crippen molar-refractivity contribution >= 4 is 11.7 Å². The van der Waals surface area contributed by atoms with Crippen LogP contribution in [-0.2, 0) is 0 Å². The molecule has 0 bridgehead atoms. The lowest BCUT2D eigenvalue weighted by molar-refractivity contribution is 0.243.